The van der Waals surface area contributed by atoms with Gasteiger partial charge in [-0.2, -0.15) is 0 Å². The van der Waals surface area contributed by atoms with E-state index >= 15 is 0 Å². The van der Waals surface area contributed by atoms with Crippen molar-refractivity contribution >= 4 is 11.6 Å². The Balaban J connectivity index is 1.53. The fraction of sp³-hybridized carbons (Fsp3) is 0.478. The van der Waals surface area contributed by atoms with Crippen molar-refractivity contribution in [2.45, 2.75) is 51.4 Å². The molecule has 2 saturated carbocycles. The number of hydrogen-bond acceptors (Lipinski definition) is 0. The fourth-order valence-corrected chi connectivity index (χ4v) is 5.23. The van der Waals surface area contributed by atoms with Crippen LogP contribution in [0.5, 0.6) is 0 Å². The summed E-state index contributed by atoms with van der Waals surface area (Å²) in [6, 6.07) is 9.93. The quantitative estimate of drug-likeness (QED) is 0.507. The van der Waals surface area contributed by atoms with Crippen molar-refractivity contribution in [3.05, 3.63) is 58.6 Å². The van der Waals surface area contributed by atoms with Gasteiger partial charge in [0.05, 0.1) is 5.02 Å². The van der Waals surface area contributed by atoms with Gasteiger partial charge in [-0.15, -0.1) is 0 Å². The van der Waals surface area contributed by atoms with Crippen LogP contribution in [0.2, 0.25) is 5.02 Å². The van der Waals surface area contributed by atoms with E-state index in [1.807, 2.05) is 6.07 Å². The van der Waals surface area contributed by atoms with Gasteiger partial charge in [-0.3, -0.25) is 0 Å². The lowest BCUT2D eigenvalue weighted by atomic mass is 9.64. The molecule has 4 atom stereocenters. The van der Waals surface area contributed by atoms with Gasteiger partial charge in [0.25, 0.3) is 0 Å². The summed E-state index contributed by atoms with van der Waals surface area (Å²) >= 11 is 5.73. The Morgan fingerprint density at radius 1 is 0.846 bits per heavy atom. The topological polar surface area (TPSA) is 0 Å². The van der Waals surface area contributed by atoms with Crippen LogP contribution in [0.3, 0.4) is 0 Å². The molecule has 0 heterocycles. The Kier molecular flexibility index (Phi) is 5.05. The molecule has 4 rings (SSSR count). The predicted octanol–water partition coefficient (Wildman–Crippen LogP) is 7.61. The van der Waals surface area contributed by atoms with Gasteiger partial charge in [-0.1, -0.05) is 43.1 Å². The van der Waals surface area contributed by atoms with Crippen molar-refractivity contribution in [1.82, 2.24) is 0 Å². The van der Waals surface area contributed by atoms with Gasteiger partial charge in [-0.25, -0.2) is 8.78 Å². The number of halogens is 3. The summed E-state index contributed by atoms with van der Waals surface area (Å²) < 4.78 is 28.4. The summed E-state index contributed by atoms with van der Waals surface area (Å²) in [5.41, 5.74) is 2.06. The van der Waals surface area contributed by atoms with Gasteiger partial charge in [0.2, 0.25) is 0 Å². The molecule has 2 fully saturated rings. The van der Waals surface area contributed by atoms with Gasteiger partial charge in [0.1, 0.15) is 11.6 Å². The van der Waals surface area contributed by atoms with E-state index in [1.54, 1.807) is 18.2 Å². The summed E-state index contributed by atoms with van der Waals surface area (Å²) in [4.78, 5) is 0. The Bertz CT molecular complexity index is 801. The van der Waals surface area contributed by atoms with Crippen LogP contribution in [0.15, 0.2) is 36.4 Å². The van der Waals surface area contributed by atoms with Crippen molar-refractivity contribution in [2.75, 3.05) is 0 Å². The van der Waals surface area contributed by atoms with Crippen LogP contribution in [0, 0.1) is 29.4 Å². The van der Waals surface area contributed by atoms with Gasteiger partial charge < -0.3 is 0 Å². The first-order valence-electron chi connectivity index (χ1n) is 9.76. The molecule has 2 aromatic carbocycles. The van der Waals surface area contributed by atoms with Gasteiger partial charge in [0.15, 0.2) is 0 Å². The summed E-state index contributed by atoms with van der Waals surface area (Å²) in [6.07, 6.45) is 7.64. The molecule has 2 aliphatic carbocycles. The maximum atomic E-state index is 14.8. The van der Waals surface area contributed by atoms with Crippen LogP contribution in [-0.2, 0) is 0 Å². The van der Waals surface area contributed by atoms with Crippen LogP contribution in [-0.4, -0.2) is 0 Å². The van der Waals surface area contributed by atoms with Crippen LogP contribution >= 0.6 is 11.6 Å². The molecule has 3 heteroatoms. The second-order valence-corrected chi connectivity index (χ2v) is 8.72. The average molecular weight is 375 g/mol. The van der Waals surface area contributed by atoms with Crippen molar-refractivity contribution in [1.29, 1.82) is 0 Å². The lowest BCUT2D eigenvalue weighted by molar-refractivity contribution is 0.124. The minimum absolute atomic E-state index is 0.0596. The number of rotatable bonds is 2. The lowest BCUT2D eigenvalue weighted by Gasteiger charge is -2.41. The Morgan fingerprint density at radius 3 is 2.38 bits per heavy atom. The normalized spacial score (nSPS) is 28.6. The molecule has 26 heavy (non-hydrogen) atoms. The van der Waals surface area contributed by atoms with E-state index in [0.29, 0.717) is 17.0 Å². The molecule has 138 valence electrons. The smallest absolute Gasteiger partial charge is 0.142 e. The van der Waals surface area contributed by atoms with Crippen LogP contribution in [0.4, 0.5) is 8.78 Å². The minimum atomic E-state index is -0.516. The zero-order chi connectivity index (χ0) is 18.3. The van der Waals surface area contributed by atoms with Crippen molar-refractivity contribution in [3.8, 4) is 11.1 Å². The molecular formula is C23H25ClF2. The van der Waals surface area contributed by atoms with Crippen LogP contribution in [0.1, 0.15) is 56.9 Å². The first-order chi connectivity index (χ1) is 12.5. The third-order valence-electron chi connectivity index (χ3n) is 6.57. The molecule has 0 bridgehead atoms. The van der Waals surface area contributed by atoms with Crippen molar-refractivity contribution < 1.29 is 8.78 Å². The van der Waals surface area contributed by atoms with E-state index in [-0.39, 0.29) is 10.8 Å². The summed E-state index contributed by atoms with van der Waals surface area (Å²) in [5.74, 6) is 2.20. The first kappa shape index (κ1) is 18.0. The van der Waals surface area contributed by atoms with E-state index in [9.17, 15) is 8.78 Å². The van der Waals surface area contributed by atoms with Crippen molar-refractivity contribution in [3.63, 3.8) is 0 Å². The maximum absolute atomic E-state index is 14.8. The van der Waals surface area contributed by atoms with E-state index in [2.05, 4.69) is 6.92 Å². The fourth-order valence-electron chi connectivity index (χ4n) is 5.11. The van der Waals surface area contributed by atoms with Crippen LogP contribution in [0.25, 0.3) is 11.1 Å². The van der Waals surface area contributed by atoms with Gasteiger partial charge in [-0.05, 0) is 85.1 Å². The molecule has 4 unspecified atom stereocenters. The number of fused-ring (bicyclic) bond motifs is 1. The van der Waals surface area contributed by atoms with Gasteiger partial charge >= 0.3 is 0 Å². The lowest BCUT2D eigenvalue weighted by Crippen LogP contribution is -2.29. The van der Waals surface area contributed by atoms with E-state index in [1.165, 1.54) is 44.2 Å². The molecule has 0 aliphatic heterocycles. The Labute approximate surface area is 159 Å². The monoisotopic (exact) mass is 374 g/mol. The first-order valence-corrected chi connectivity index (χ1v) is 10.1. The van der Waals surface area contributed by atoms with Crippen LogP contribution < -0.4 is 0 Å². The second kappa shape index (κ2) is 7.31. The highest BCUT2D eigenvalue weighted by atomic mass is 35.5. The summed E-state index contributed by atoms with van der Waals surface area (Å²) in [7, 11) is 0. The highest BCUT2D eigenvalue weighted by Gasteiger charge is 2.34. The Hall–Kier alpha value is -1.41. The molecule has 2 aromatic rings. The Morgan fingerprint density at radius 2 is 1.62 bits per heavy atom. The molecule has 0 aromatic heterocycles. The third-order valence-corrected chi connectivity index (χ3v) is 6.88. The highest BCUT2D eigenvalue weighted by molar-refractivity contribution is 6.30. The highest BCUT2D eigenvalue weighted by Crippen LogP contribution is 2.47. The summed E-state index contributed by atoms with van der Waals surface area (Å²) in [6.45, 7) is 2.37. The molecule has 2 aliphatic rings. The van der Waals surface area contributed by atoms with E-state index < -0.39 is 5.82 Å². The van der Waals surface area contributed by atoms with E-state index in [4.69, 9.17) is 11.6 Å². The molecule has 0 amide bonds. The molecule has 0 radical (unpaired) electrons. The molecular weight excluding hydrogens is 350 g/mol. The molecule has 0 saturated heterocycles. The SMILES string of the molecule is CC1CCC2CC(c3ccc(-c4ccc(Cl)c(F)c4)c(F)c3)CCC2C1. The predicted molar refractivity (Wildman–Crippen MR) is 103 cm³/mol. The van der Waals surface area contributed by atoms with Gasteiger partial charge in [0, 0.05) is 5.56 Å². The third kappa shape index (κ3) is 3.53. The zero-order valence-corrected chi connectivity index (χ0v) is 15.9. The maximum Gasteiger partial charge on any atom is 0.142 e. The zero-order valence-electron chi connectivity index (χ0n) is 15.2. The average Bonchev–Trinajstić information content (AvgIpc) is 2.63. The second-order valence-electron chi connectivity index (χ2n) is 8.32. The number of benzene rings is 2. The standard InChI is InChI=1S/C23H25ClF2/c1-14-2-3-16-11-17(5-4-15(16)10-14)18-6-8-20(22(25)12-18)19-7-9-21(24)23(26)13-19/h6-9,12-17H,2-5,10-11H2,1H3. The minimum Gasteiger partial charge on any atom is -0.206 e. The van der Waals surface area contributed by atoms with E-state index in [0.717, 1.165) is 29.7 Å². The van der Waals surface area contributed by atoms with Crippen molar-refractivity contribution in [2.24, 2.45) is 17.8 Å². The molecule has 0 N–H and O–H groups in total. The largest absolute Gasteiger partial charge is 0.206 e. The molecule has 0 nitrogen and oxygen atoms in total. The summed E-state index contributed by atoms with van der Waals surface area (Å²) in [5, 5.41) is 0.0596. The molecule has 0 spiro atoms. The number of hydrogen-bond donors (Lipinski definition) is 0.